The molecular formula is C7H6BrCl2N. The third-order valence-corrected chi connectivity index (χ3v) is 3.19. The van der Waals surface area contributed by atoms with Gasteiger partial charge in [-0.05, 0) is 33.6 Å². The molecule has 1 nitrogen and oxygen atoms in total. The van der Waals surface area contributed by atoms with Gasteiger partial charge in [0.15, 0.2) is 0 Å². The number of halogens is 3. The van der Waals surface area contributed by atoms with Crippen LogP contribution in [0.2, 0.25) is 10.0 Å². The molecule has 1 aromatic rings. The van der Waals surface area contributed by atoms with Crippen LogP contribution in [-0.4, -0.2) is 0 Å². The van der Waals surface area contributed by atoms with E-state index in [9.17, 15) is 0 Å². The van der Waals surface area contributed by atoms with Gasteiger partial charge in [0.05, 0.1) is 14.5 Å². The average Bonchev–Trinajstić information content (AvgIpc) is 1.99. The summed E-state index contributed by atoms with van der Waals surface area (Å²) >= 11 is 14.9. The lowest BCUT2D eigenvalue weighted by Gasteiger charge is -2.02. The van der Waals surface area contributed by atoms with E-state index in [1.165, 1.54) is 0 Å². The Balaban J connectivity index is 3.21. The summed E-state index contributed by atoms with van der Waals surface area (Å²) in [6, 6.07) is 3.58. The second-order valence-electron chi connectivity index (χ2n) is 2.08. The SMILES string of the molecule is NCc1cc(Cl)c(Br)c(Cl)c1. The second-order valence-corrected chi connectivity index (χ2v) is 3.68. The largest absolute Gasteiger partial charge is 0.326 e. The Morgan fingerprint density at radius 3 is 2.09 bits per heavy atom. The molecular weight excluding hydrogens is 249 g/mol. The van der Waals surface area contributed by atoms with Crippen molar-refractivity contribution in [3.8, 4) is 0 Å². The third-order valence-electron chi connectivity index (χ3n) is 1.28. The van der Waals surface area contributed by atoms with Crippen molar-refractivity contribution in [3.05, 3.63) is 32.2 Å². The van der Waals surface area contributed by atoms with Crippen molar-refractivity contribution in [2.45, 2.75) is 6.54 Å². The summed E-state index contributed by atoms with van der Waals surface area (Å²) in [5, 5.41) is 1.19. The Kier molecular flexibility index (Phi) is 3.19. The molecule has 0 atom stereocenters. The predicted molar refractivity (Wildman–Crippen MR) is 52.1 cm³/mol. The number of benzene rings is 1. The fraction of sp³-hybridized carbons (Fsp3) is 0.143. The van der Waals surface area contributed by atoms with Crippen LogP contribution in [0.15, 0.2) is 16.6 Å². The summed E-state index contributed by atoms with van der Waals surface area (Å²) in [4.78, 5) is 0. The molecule has 11 heavy (non-hydrogen) atoms. The third kappa shape index (κ3) is 2.09. The van der Waals surface area contributed by atoms with Crippen molar-refractivity contribution in [2.75, 3.05) is 0 Å². The lowest BCUT2D eigenvalue weighted by atomic mass is 10.2. The van der Waals surface area contributed by atoms with Gasteiger partial charge in [-0.2, -0.15) is 0 Å². The minimum Gasteiger partial charge on any atom is -0.326 e. The van der Waals surface area contributed by atoms with Gasteiger partial charge in [0.25, 0.3) is 0 Å². The number of hydrogen-bond acceptors (Lipinski definition) is 1. The van der Waals surface area contributed by atoms with Crippen molar-refractivity contribution in [1.82, 2.24) is 0 Å². The molecule has 1 aromatic carbocycles. The fourth-order valence-corrected chi connectivity index (χ4v) is 1.49. The fourth-order valence-electron chi connectivity index (χ4n) is 0.726. The highest BCUT2D eigenvalue weighted by molar-refractivity contribution is 9.10. The monoisotopic (exact) mass is 253 g/mol. The zero-order chi connectivity index (χ0) is 8.43. The molecule has 0 amide bonds. The summed E-state index contributed by atoms with van der Waals surface area (Å²) in [5.74, 6) is 0. The van der Waals surface area contributed by atoms with Crippen LogP contribution < -0.4 is 5.73 Å². The van der Waals surface area contributed by atoms with Gasteiger partial charge in [-0.15, -0.1) is 0 Å². The smallest absolute Gasteiger partial charge is 0.0566 e. The first kappa shape index (κ1) is 9.33. The van der Waals surface area contributed by atoms with E-state index >= 15 is 0 Å². The molecule has 0 radical (unpaired) electrons. The van der Waals surface area contributed by atoms with Crippen LogP contribution in [0.25, 0.3) is 0 Å². The number of hydrogen-bond donors (Lipinski definition) is 1. The van der Waals surface area contributed by atoms with Crippen LogP contribution in [0.1, 0.15) is 5.56 Å². The highest BCUT2D eigenvalue weighted by Gasteiger charge is 2.03. The van der Waals surface area contributed by atoms with Crippen LogP contribution in [-0.2, 0) is 6.54 Å². The molecule has 0 aliphatic carbocycles. The molecule has 0 fully saturated rings. The number of nitrogens with two attached hydrogens (primary N) is 1. The molecule has 0 unspecified atom stereocenters. The molecule has 0 aliphatic heterocycles. The lowest BCUT2D eigenvalue weighted by molar-refractivity contribution is 1.07. The highest BCUT2D eigenvalue weighted by atomic mass is 79.9. The topological polar surface area (TPSA) is 26.0 Å². The zero-order valence-corrected chi connectivity index (χ0v) is 8.67. The van der Waals surface area contributed by atoms with Gasteiger partial charge in [0, 0.05) is 6.54 Å². The van der Waals surface area contributed by atoms with Gasteiger partial charge in [0.1, 0.15) is 0 Å². The first-order valence-electron chi connectivity index (χ1n) is 2.98. The molecule has 0 spiro atoms. The summed E-state index contributed by atoms with van der Waals surface area (Å²) in [5.41, 5.74) is 6.34. The quantitative estimate of drug-likeness (QED) is 0.766. The Morgan fingerprint density at radius 1 is 1.27 bits per heavy atom. The van der Waals surface area contributed by atoms with E-state index in [-0.39, 0.29) is 0 Å². The Hall–Kier alpha value is 0.240. The van der Waals surface area contributed by atoms with E-state index in [2.05, 4.69) is 15.9 Å². The van der Waals surface area contributed by atoms with E-state index in [0.29, 0.717) is 16.6 Å². The first-order chi connectivity index (χ1) is 5.15. The maximum absolute atomic E-state index is 5.81. The number of rotatable bonds is 1. The minimum absolute atomic E-state index is 0.451. The molecule has 2 N–H and O–H groups in total. The van der Waals surface area contributed by atoms with Crippen LogP contribution in [0.5, 0.6) is 0 Å². The molecule has 0 saturated heterocycles. The normalized spacial score (nSPS) is 10.2. The molecule has 0 aliphatic rings. The van der Waals surface area contributed by atoms with Gasteiger partial charge in [-0.1, -0.05) is 23.2 Å². The summed E-state index contributed by atoms with van der Waals surface area (Å²) in [7, 11) is 0. The van der Waals surface area contributed by atoms with Crippen molar-refractivity contribution in [2.24, 2.45) is 5.73 Å². The van der Waals surface area contributed by atoms with Crippen LogP contribution >= 0.6 is 39.1 Å². The maximum Gasteiger partial charge on any atom is 0.0566 e. The van der Waals surface area contributed by atoms with Crippen LogP contribution in [0, 0.1) is 0 Å². The molecule has 60 valence electrons. The highest BCUT2D eigenvalue weighted by Crippen LogP contribution is 2.31. The lowest BCUT2D eigenvalue weighted by Crippen LogP contribution is -1.95. The van der Waals surface area contributed by atoms with E-state index in [1.807, 2.05) is 0 Å². The predicted octanol–water partition coefficient (Wildman–Crippen LogP) is 3.21. The molecule has 1 rings (SSSR count). The standard InChI is InChI=1S/C7H6BrCl2N/c8-7-5(9)1-4(3-11)2-6(7)10/h1-2H,3,11H2. The van der Waals surface area contributed by atoms with Crippen LogP contribution in [0.3, 0.4) is 0 Å². The first-order valence-corrected chi connectivity index (χ1v) is 4.53. The van der Waals surface area contributed by atoms with Gasteiger partial charge < -0.3 is 5.73 Å². The Bertz CT molecular complexity index is 252. The van der Waals surface area contributed by atoms with E-state index in [4.69, 9.17) is 28.9 Å². The average molecular weight is 255 g/mol. The van der Waals surface area contributed by atoms with Crippen molar-refractivity contribution < 1.29 is 0 Å². The van der Waals surface area contributed by atoms with Gasteiger partial charge >= 0.3 is 0 Å². The molecule has 0 saturated carbocycles. The van der Waals surface area contributed by atoms with Gasteiger partial charge in [0.2, 0.25) is 0 Å². The zero-order valence-electron chi connectivity index (χ0n) is 5.57. The van der Waals surface area contributed by atoms with Gasteiger partial charge in [-0.3, -0.25) is 0 Å². The minimum atomic E-state index is 0.451. The van der Waals surface area contributed by atoms with Crippen molar-refractivity contribution in [3.63, 3.8) is 0 Å². The Labute approximate surface area is 83.6 Å². The van der Waals surface area contributed by atoms with Crippen molar-refractivity contribution in [1.29, 1.82) is 0 Å². The maximum atomic E-state index is 5.81. The van der Waals surface area contributed by atoms with Gasteiger partial charge in [-0.25, -0.2) is 0 Å². The summed E-state index contributed by atoms with van der Waals surface area (Å²) in [6.45, 7) is 0.451. The van der Waals surface area contributed by atoms with E-state index in [1.54, 1.807) is 12.1 Å². The molecule has 4 heteroatoms. The summed E-state index contributed by atoms with van der Waals surface area (Å²) < 4.78 is 0.720. The Morgan fingerprint density at radius 2 is 1.73 bits per heavy atom. The second kappa shape index (κ2) is 3.76. The summed E-state index contributed by atoms with van der Waals surface area (Å²) in [6.07, 6.45) is 0. The van der Waals surface area contributed by atoms with Crippen LogP contribution in [0.4, 0.5) is 0 Å². The van der Waals surface area contributed by atoms with E-state index < -0.39 is 0 Å². The molecule has 0 aromatic heterocycles. The molecule has 0 heterocycles. The molecule has 0 bridgehead atoms. The van der Waals surface area contributed by atoms with E-state index in [0.717, 1.165) is 10.0 Å². The van der Waals surface area contributed by atoms with Crippen molar-refractivity contribution >= 4 is 39.1 Å².